The van der Waals surface area contributed by atoms with Crippen LogP contribution in [0.15, 0.2) is 71.3 Å². The van der Waals surface area contributed by atoms with Crippen LogP contribution in [0.4, 0.5) is 10.2 Å². The Hall–Kier alpha value is -3.87. The van der Waals surface area contributed by atoms with Crippen LogP contribution in [0.5, 0.6) is 5.75 Å². The predicted octanol–water partition coefficient (Wildman–Crippen LogP) is 5.11. The number of carbonyl (C=O) groups excluding carboxylic acids is 1. The molecule has 0 atom stereocenters. The number of aromatic nitrogens is 2. The van der Waals surface area contributed by atoms with Crippen molar-refractivity contribution in [1.29, 1.82) is 0 Å². The number of hydrogen-bond donors (Lipinski definition) is 1. The summed E-state index contributed by atoms with van der Waals surface area (Å²) in [4.78, 5) is 12.5. The van der Waals surface area contributed by atoms with Gasteiger partial charge in [0.1, 0.15) is 23.9 Å². The fraction of sp³-hybridized carbons (Fsp3) is 0.167. The molecule has 2 heterocycles. The molecule has 0 bridgehead atoms. The number of para-hydroxylation sites is 1. The van der Waals surface area contributed by atoms with Crippen molar-refractivity contribution in [3.63, 3.8) is 0 Å². The summed E-state index contributed by atoms with van der Waals surface area (Å²) in [6.45, 7) is 4.59. The van der Waals surface area contributed by atoms with Crippen molar-refractivity contribution in [3.05, 3.63) is 101 Å². The van der Waals surface area contributed by atoms with Crippen LogP contribution in [0.1, 0.15) is 33.0 Å². The van der Waals surface area contributed by atoms with Gasteiger partial charge in [-0.15, -0.1) is 0 Å². The fourth-order valence-corrected chi connectivity index (χ4v) is 3.26. The molecule has 31 heavy (non-hydrogen) atoms. The molecule has 4 rings (SSSR count). The van der Waals surface area contributed by atoms with Gasteiger partial charge in [-0.1, -0.05) is 30.3 Å². The first-order chi connectivity index (χ1) is 15.0. The molecule has 0 fully saturated rings. The molecule has 2 aromatic heterocycles. The molecule has 7 heteroatoms. The lowest BCUT2D eigenvalue weighted by Crippen LogP contribution is -2.12. The van der Waals surface area contributed by atoms with E-state index in [0.717, 1.165) is 22.4 Å². The highest BCUT2D eigenvalue weighted by Crippen LogP contribution is 2.24. The van der Waals surface area contributed by atoms with Gasteiger partial charge in [-0.05, 0) is 54.8 Å². The Bertz CT molecular complexity index is 1190. The van der Waals surface area contributed by atoms with Crippen LogP contribution in [0.25, 0.3) is 0 Å². The van der Waals surface area contributed by atoms with Gasteiger partial charge in [-0.3, -0.25) is 9.48 Å². The van der Waals surface area contributed by atoms with E-state index < -0.39 is 5.91 Å². The van der Waals surface area contributed by atoms with Crippen LogP contribution in [0, 0.1) is 19.7 Å². The van der Waals surface area contributed by atoms with E-state index in [9.17, 15) is 9.18 Å². The molecule has 2 aromatic carbocycles. The number of carbonyl (C=O) groups is 1. The second-order valence-corrected chi connectivity index (χ2v) is 7.26. The molecule has 0 saturated heterocycles. The van der Waals surface area contributed by atoms with Crippen LogP contribution in [0.2, 0.25) is 0 Å². The molecule has 1 amide bonds. The minimum Gasteiger partial charge on any atom is -0.485 e. The first kappa shape index (κ1) is 20.4. The smallest absolute Gasteiger partial charge is 0.292 e. The Balaban J connectivity index is 1.35. The highest BCUT2D eigenvalue weighted by molar-refractivity contribution is 6.01. The van der Waals surface area contributed by atoms with Crippen LogP contribution >= 0.6 is 0 Å². The van der Waals surface area contributed by atoms with Crippen LogP contribution in [-0.4, -0.2) is 15.7 Å². The van der Waals surface area contributed by atoms with Gasteiger partial charge in [0.05, 0.1) is 6.54 Å². The number of rotatable bonds is 7. The zero-order valence-electron chi connectivity index (χ0n) is 17.3. The summed E-state index contributed by atoms with van der Waals surface area (Å²) in [5.74, 6) is 1.20. The Morgan fingerprint density at radius 1 is 1.10 bits per heavy atom. The van der Waals surface area contributed by atoms with Gasteiger partial charge in [0.2, 0.25) is 0 Å². The van der Waals surface area contributed by atoms with E-state index in [-0.39, 0.29) is 18.2 Å². The molecule has 0 aliphatic rings. The van der Waals surface area contributed by atoms with Crippen molar-refractivity contribution >= 4 is 11.7 Å². The van der Waals surface area contributed by atoms with Gasteiger partial charge in [0.25, 0.3) is 5.91 Å². The van der Waals surface area contributed by atoms with Gasteiger partial charge in [-0.2, -0.15) is 5.10 Å². The van der Waals surface area contributed by atoms with E-state index in [0.29, 0.717) is 18.1 Å². The minimum absolute atomic E-state index is 0.166. The molecule has 6 nitrogen and oxygen atoms in total. The summed E-state index contributed by atoms with van der Waals surface area (Å²) in [5, 5.41) is 7.00. The molecular weight excluding hydrogens is 397 g/mol. The van der Waals surface area contributed by atoms with Crippen LogP contribution in [0.3, 0.4) is 0 Å². The molecule has 0 saturated carbocycles. The van der Waals surface area contributed by atoms with E-state index in [1.165, 1.54) is 12.1 Å². The summed E-state index contributed by atoms with van der Waals surface area (Å²) >= 11 is 0. The number of nitrogens with zero attached hydrogens (tertiary/aromatic N) is 2. The van der Waals surface area contributed by atoms with Crippen molar-refractivity contribution in [1.82, 2.24) is 9.78 Å². The molecule has 0 aliphatic carbocycles. The number of amides is 1. The number of benzene rings is 2. The number of aryl methyl sites for hydroxylation is 2. The maximum absolute atomic E-state index is 13.3. The second kappa shape index (κ2) is 8.87. The summed E-state index contributed by atoms with van der Waals surface area (Å²) in [5.41, 5.74) is 2.86. The topological polar surface area (TPSA) is 69.3 Å². The zero-order chi connectivity index (χ0) is 21.8. The lowest BCUT2D eigenvalue weighted by Gasteiger charge is -2.10. The van der Waals surface area contributed by atoms with Gasteiger partial charge < -0.3 is 14.5 Å². The van der Waals surface area contributed by atoms with Crippen molar-refractivity contribution < 1.29 is 18.3 Å². The number of ether oxygens (including phenoxy) is 1. The van der Waals surface area contributed by atoms with E-state index in [1.807, 2.05) is 38.1 Å². The Morgan fingerprint density at radius 3 is 2.65 bits per heavy atom. The van der Waals surface area contributed by atoms with Crippen molar-refractivity contribution in [2.75, 3.05) is 5.32 Å². The average Bonchev–Trinajstić information content (AvgIpc) is 3.37. The first-order valence-electron chi connectivity index (χ1n) is 9.85. The van der Waals surface area contributed by atoms with Gasteiger partial charge >= 0.3 is 0 Å². The van der Waals surface area contributed by atoms with Crippen molar-refractivity contribution in [3.8, 4) is 5.75 Å². The Morgan fingerprint density at radius 2 is 1.87 bits per heavy atom. The molecule has 1 N–H and O–H groups in total. The molecule has 0 aliphatic heterocycles. The minimum atomic E-state index is -0.408. The summed E-state index contributed by atoms with van der Waals surface area (Å²) in [6, 6.07) is 17.2. The first-order valence-corrected chi connectivity index (χ1v) is 9.85. The van der Waals surface area contributed by atoms with E-state index in [2.05, 4.69) is 10.4 Å². The van der Waals surface area contributed by atoms with E-state index >= 15 is 0 Å². The Labute approximate surface area is 179 Å². The number of nitrogens with one attached hydrogen (secondary N) is 1. The van der Waals surface area contributed by atoms with Crippen molar-refractivity contribution in [2.24, 2.45) is 0 Å². The number of anilines is 1. The molecule has 0 spiro atoms. The quantitative estimate of drug-likeness (QED) is 0.452. The third-order valence-corrected chi connectivity index (χ3v) is 4.77. The molecule has 158 valence electrons. The number of furan rings is 1. The van der Waals surface area contributed by atoms with E-state index in [4.69, 9.17) is 9.15 Å². The summed E-state index contributed by atoms with van der Waals surface area (Å²) in [6.07, 6.45) is 1.71. The molecule has 4 aromatic rings. The Kier molecular flexibility index (Phi) is 5.84. The third kappa shape index (κ3) is 5.01. The lowest BCUT2D eigenvalue weighted by molar-refractivity contribution is 0.0992. The molecule has 0 unspecified atom stereocenters. The van der Waals surface area contributed by atoms with Gasteiger partial charge in [0, 0.05) is 12.3 Å². The summed E-state index contributed by atoms with van der Waals surface area (Å²) in [7, 11) is 0. The highest BCUT2D eigenvalue weighted by atomic mass is 19.1. The highest BCUT2D eigenvalue weighted by Gasteiger charge is 2.14. The lowest BCUT2D eigenvalue weighted by atomic mass is 10.1. The van der Waals surface area contributed by atoms with Crippen LogP contribution in [-0.2, 0) is 13.2 Å². The average molecular weight is 419 g/mol. The third-order valence-electron chi connectivity index (χ3n) is 4.77. The summed E-state index contributed by atoms with van der Waals surface area (Å²) < 4.78 is 26.4. The molecular formula is C24H22FN3O3. The van der Waals surface area contributed by atoms with Gasteiger partial charge in [0.15, 0.2) is 11.6 Å². The monoisotopic (exact) mass is 419 g/mol. The normalized spacial score (nSPS) is 10.8. The maximum Gasteiger partial charge on any atom is 0.292 e. The number of halogens is 1. The largest absolute Gasteiger partial charge is 0.485 e. The predicted molar refractivity (Wildman–Crippen MR) is 115 cm³/mol. The fourth-order valence-electron chi connectivity index (χ4n) is 3.26. The number of hydrogen-bond acceptors (Lipinski definition) is 4. The van der Waals surface area contributed by atoms with Gasteiger partial charge in [-0.25, -0.2) is 4.39 Å². The standard InChI is InChI=1S/C24H22FN3O3/c1-16-5-3-6-17(2)23(16)30-15-20-9-10-21(31-20)24(29)26-22-11-12-28(27-22)14-18-7-4-8-19(25)13-18/h3-13H,14-15H2,1-2H3,(H,26,27,29). The SMILES string of the molecule is Cc1cccc(C)c1OCc1ccc(C(=O)Nc2ccn(Cc3cccc(F)c3)n2)o1. The molecule has 0 radical (unpaired) electrons. The van der Waals surface area contributed by atoms with E-state index in [1.54, 1.807) is 35.1 Å². The zero-order valence-corrected chi connectivity index (χ0v) is 17.3. The van der Waals surface area contributed by atoms with Crippen molar-refractivity contribution in [2.45, 2.75) is 27.0 Å². The second-order valence-electron chi connectivity index (χ2n) is 7.26. The van der Waals surface area contributed by atoms with Crippen LogP contribution < -0.4 is 10.1 Å². The maximum atomic E-state index is 13.3.